The Kier molecular flexibility index (Phi) is 5.26. The van der Waals surface area contributed by atoms with E-state index in [9.17, 15) is 14.7 Å². The van der Waals surface area contributed by atoms with Crippen molar-refractivity contribution in [3.63, 3.8) is 0 Å². The number of aliphatic hydroxyl groups is 1. The summed E-state index contributed by atoms with van der Waals surface area (Å²) in [6.45, 7) is 5.20. The summed E-state index contributed by atoms with van der Waals surface area (Å²) < 4.78 is 21.6. The van der Waals surface area contributed by atoms with Crippen molar-refractivity contribution in [2.24, 2.45) is 5.92 Å². The second-order valence-corrected chi connectivity index (χ2v) is 7.45. The fourth-order valence-electron chi connectivity index (χ4n) is 3.09. The number of methoxy groups -OCH3 is 1. The fourth-order valence-corrected chi connectivity index (χ4v) is 3.09. The third kappa shape index (κ3) is 4.14. The Morgan fingerprint density at radius 2 is 2.00 bits per heavy atom. The molecule has 1 fully saturated rings. The van der Waals surface area contributed by atoms with Crippen LogP contribution in [-0.2, 0) is 14.3 Å². The summed E-state index contributed by atoms with van der Waals surface area (Å²) in [4.78, 5) is 23.4. The van der Waals surface area contributed by atoms with Gasteiger partial charge in [0.15, 0.2) is 0 Å². The first kappa shape index (κ1) is 19.4. The molecular weight excluding hydrogens is 352 g/mol. The van der Waals surface area contributed by atoms with Crippen LogP contribution in [0.1, 0.15) is 38.9 Å². The van der Waals surface area contributed by atoms with Crippen molar-refractivity contribution in [3.8, 4) is 5.75 Å². The van der Waals surface area contributed by atoms with Crippen LogP contribution in [0.5, 0.6) is 5.75 Å². The molecule has 0 bridgehead atoms. The topological polar surface area (TPSA) is 98.5 Å². The summed E-state index contributed by atoms with van der Waals surface area (Å²) in [7, 11) is 1.51. The van der Waals surface area contributed by atoms with Crippen LogP contribution >= 0.6 is 0 Å². The van der Waals surface area contributed by atoms with Crippen LogP contribution < -0.4 is 10.4 Å². The van der Waals surface area contributed by atoms with E-state index in [1.54, 1.807) is 25.1 Å². The molecule has 1 aliphatic rings. The molecular formula is C20H24O7. The van der Waals surface area contributed by atoms with E-state index in [1.165, 1.54) is 13.2 Å². The summed E-state index contributed by atoms with van der Waals surface area (Å²) in [5.74, 6) is 0.309. The molecule has 2 heterocycles. The number of benzene rings is 1. The highest BCUT2D eigenvalue weighted by molar-refractivity contribution is 5.83. The first-order valence-corrected chi connectivity index (χ1v) is 8.87. The zero-order chi connectivity index (χ0) is 19.8. The number of epoxide rings is 1. The lowest BCUT2D eigenvalue weighted by atomic mass is 9.96. The molecule has 146 valence electrons. The standard InChI is InChI=1S/C20H24O7/c1-11(2)9-15(22)25-10-20(3,23)19-18(27-19)16-13(24-4)7-5-12-6-8-14(21)26-17(12)16/h5-8,11,18-19,23H,9-10H2,1-4H3. The lowest BCUT2D eigenvalue weighted by Crippen LogP contribution is -2.38. The largest absolute Gasteiger partial charge is 0.496 e. The molecule has 3 rings (SSSR count). The molecule has 0 amide bonds. The van der Waals surface area contributed by atoms with Gasteiger partial charge in [-0.15, -0.1) is 0 Å². The number of ether oxygens (including phenoxy) is 3. The van der Waals surface area contributed by atoms with Gasteiger partial charge in [0, 0.05) is 17.9 Å². The molecule has 3 unspecified atom stereocenters. The smallest absolute Gasteiger partial charge is 0.336 e. The molecule has 1 aliphatic heterocycles. The molecule has 3 atom stereocenters. The van der Waals surface area contributed by atoms with Gasteiger partial charge < -0.3 is 23.7 Å². The third-order valence-corrected chi connectivity index (χ3v) is 4.50. The van der Waals surface area contributed by atoms with E-state index in [0.29, 0.717) is 16.9 Å². The predicted octanol–water partition coefficient (Wildman–Crippen LogP) is 2.58. The Morgan fingerprint density at radius 1 is 1.30 bits per heavy atom. The van der Waals surface area contributed by atoms with E-state index in [2.05, 4.69) is 0 Å². The monoisotopic (exact) mass is 376 g/mol. The SMILES string of the molecule is COc1ccc2ccc(=O)oc2c1C1OC1C(C)(O)COC(=O)CC(C)C. The van der Waals surface area contributed by atoms with Gasteiger partial charge in [0.25, 0.3) is 0 Å². The number of rotatable bonds is 7. The minimum atomic E-state index is -1.39. The van der Waals surface area contributed by atoms with E-state index < -0.39 is 23.4 Å². The van der Waals surface area contributed by atoms with Crippen molar-refractivity contribution in [3.05, 3.63) is 40.2 Å². The van der Waals surface area contributed by atoms with E-state index in [0.717, 1.165) is 5.39 Å². The van der Waals surface area contributed by atoms with E-state index >= 15 is 0 Å². The normalized spacial score (nSPS) is 21.1. The molecule has 27 heavy (non-hydrogen) atoms. The summed E-state index contributed by atoms with van der Waals surface area (Å²) in [6, 6.07) is 6.54. The second-order valence-electron chi connectivity index (χ2n) is 7.45. The fraction of sp³-hybridized carbons (Fsp3) is 0.500. The molecule has 1 saturated heterocycles. The average molecular weight is 376 g/mol. The first-order chi connectivity index (χ1) is 12.7. The molecule has 1 N–H and O–H groups in total. The molecule has 0 radical (unpaired) electrons. The van der Waals surface area contributed by atoms with Gasteiger partial charge in [0.05, 0.1) is 12.7 Å². The number of carbonyl (C=O) groups is 1. The van der Waals surface area contributed by atoms with Crippen molar-refractivity contribution in [2.45, 2.75) is 45.0 Å². The lowest BCUT2D eigenvalue weighted by Gasteiger charge is -2.21. The van der Waals surface area contributed by atoms with Crippen LogP contribution in [0.15, 0.2) is 33.5 Å². The van der Waals surface area contributed by atoms with Crippen molar-refractivity contribution < 1.29 is 28.5 Å². The summed E-state index contributed by atoms with van der Waals surface area (Å²) in [5.41, 5.74) is -0.948. The second kappa shape index (κ2) is 7.32. The number of esters is 1. The minimum absolute atomic E-state index is 0.176. The van der Waals surface area contributed by atoms with E-state index in [-0.39, 0.29) is 24.9 Å². The molecule has 7 nitrogen and oxygen atoms in total. The van der Waals surface area contributed by atoms with Crippen LogP contribution in [0.2, 0.25) is 0 Å². The van der Waals surface area contributed by atoms with Gasteiger partial charge >= 0.3 is 11.6 Å². The van der Waals surface area contributed by atoms with Gasteiger partial charge in [-0.2, -0.15) is 0 Å². The van der Waals surface area contributed by atoms with Crippen molar-refractivity contribution >= 4 is 16.9 Å². The molecule has 0 spiro atoms. The highest BCUT2D eigenvalue weighted by Gasteiger charge is 2.54. The average Bonchev–Trinajstić information content (AvgIpc) is 3.39. The maximum atomic E-state index is 11.8. The Labute approximate surface area is 156 Å². The maximum absolute atomic E-state index is 11.8. The molecule has 1 aromatic heterocycles. The van der Waals surface area contributed by atoms with Crippen LogP contribution in [0, 0.1) is 5.92 Å². The zero-order valence-corrected chi connectivity index (χ0v) is 15.9. The third-order valence-electron chi connectivity index (χ3n) is 4.50. The summed E-state index contributed by atoms with van der Waals surface area (Å²) in [6.07, 6.45) is -0.866. The molecule has 2 aromatic rings. The first-order valence-electron chi connectivity index (χ1n) is 8.87. The van der Waals surface area contributed by atoms with Gasteiger partial charge in [0.1, 0.15) is 35.7 Å². The molecule has 7 heteroatoms. The highest BCUT2D eigenvalue weighted by Crippen LogP contribution is 2.50. The number of carbonyl (C=O) groups excluding carboxylic acids is 1. The Balaban J connectivity index is 1.82. The van der Waals surface area contributed by atoms with E-state index in [4.69, 9.17) is 18.6 Å². The van der Waals surface area contributed by atoms with Gasteiger partial charge in [-0.3, -0.25) is 4.79 Å². The van der Waals surface area contributed by atoms with Gasteiger partial charge in [-0.25, -0.2) is 4.79 Å². The molecule has 0 aliphatic carbocycles. The minimum Gasteiger partial charge on any atom is -0.496 e. The van der Waals surface area contributed by atoms with Crippen LogP contribution in [0.25, 0.3) is 11.0 Å². The number of fused-ring (bicyclic) bond motifs is 1. The lowest BCUT2D eigenvalue weighted by molar-refractivity contribution is -0.152. The zero-order valence-electron chi connectivity index (χ0n) is 15.9. The van der Waals surface area contributed by atoms with Crippen LogP contribution in [-0.4, -0.2) is 36.5 Å². The maximum Gasteiger partial charge on any atom is 0.336 e. The van der Waals surface area contributed by atoms with E-state index in [1.807, 2.05) is 13.8 Å². The summed E-state index contributed by atoms with van der Waals surface area (Å²) >= 11 is 0. The van der Waals surface area contributed by atoms with Crippen molar-refractivity contribution in [1.82, 2.24) is 0 Å². The van der Waals surface area contributed by atoms with Gasteiger partial charge in [-0.05, 0) is 31.0 Å². The van der Waals surface area contributed by atoms with Crippen LogP contribution in [0.4, 0.5) is 0 Å². The van der Waals surface area contributed by atoms with Crippen molar-refractivity contribution in [1.29, 1.82) is 0 Å². The Morgan fingerprint density at radius 3 is 2.67 bits per heavy atom. The highest BCUT2D eigenvalue weighted by atomic mass is 16.6. The van der Waals surface area contributed by atoms with Gasteiger partial charge in [0.2, 0.25) is 0 Å². The van der Waals surface area contributed by atoms with Gasteiger partial charge in [-0.1, -0.05) is 13.8 Å². The van der Waals surface area contributed by atoms with Crippen molar-refractivity contribution in [2.75, 3.05) is 13.7 Å². The molecule has 1 aromatic carbocycles. The Hall–Kier alpha value is -2.38. The quantitative estimate of drug-likeness (QED) is 0.450. The van der Waals surface area contributed by atoms with Crippen LogP contribution in [0.3, 0.4) is 0 Å². The Bertz CT molecular complexity index is 897. The number of hydrogen-bond acceptors (Lipinski definition) is 7. The predicted molar refractivity (Wildman–Crippen MR) is 97.7 cm³/mol. The molecule has 0 saturated carbocycles. The number of hydrogen-bond donors (Lipinski definition) is 1. The summed E-state index contributed by atoms with van der Waals surface area (Å²) in [5, 5.41) is 11.4.